The minimum atomic E-state index is 0.671. The largest absolute Gasteiger partial charge is 0.300 e. The standard InChI is InChI=1S/C11H21N/c1-9(11(2)7-8-11)12(3)10-5-4-6-10/h9-10H,4-8H2,1-3H3. The van der Waals surface area contributed by atoms with Crippen molar-refractivity contribution < 1.29 is 0 Å². The second-order valence-corrected chi connectivity index (χ2v) is 5.08. The fraction of sp³-hybridized carbons (Fsp3) is 1.00. The third kappa shape index (κ3) is 1.28. The van der Waals surface area contributed by atoms with E-state index < -0.39 is 0 Å². The van der Waals surface area contributed by atoms with Crippen LogP contribution in [0.3, 0.4) is 0 Å². The Bertz CT molecular complexity index is 168. The van der Waals surface area contributed by atoms with Crippen LogP contribution in [0.5, 0.6) is 0 Å². The molecule has 0 N–H and O–H groups in total. The summed E-state index contributed by atoms with van der Waals surface area (Å²) in [5.41, 5.74) is 0.671. The van der Waals surface area contributed by atoms with E-state index in [1.165, 1.54) is 32.1 Å². The molecule has 2 rings (SSSR count). The molecule has 0 heterocycles. The van der Waals surface area contributed by atoms with Crippen LogP contribution in [0.15, 0.2) is 0 Å². The van der Waals surface area contributed by atoms with Crippen LogP contribution in [0.1, 0.15) is 46.0 Å². The predicted molar refractivity (Wildman–Crippen MR) is 52.2 cm³/mol. The molecule has 0 aromatic rings. The zero-order valence-corrected chi connectivity index (χ0v) is 8.64. The van der Waals surface area contributed by atoms with Crippen molar-refractivity contribution in [2.24, 2.45) is 5.41 Å². The smallest absolute Gasteiger partial charge is 0.0121 e. The molecular formula is C11H21N. The zero-order chi connectivity index (χ0) is 8.77. The van der Waals surface area contributed by atoms with Gasteiger partial charge in [-0.3, -0.25) is 0 Å². The van der Waals surface area contributed by atoms with Crippen molar-refractivity contribution in [1.29, 1.82) is 0 Å². The molecule has 0 amide bonds. The summed E-state index contributed by atoms with van der Waals surface area (Å²) in [6, 6.07) is 1.72. The van der Waals surface area contributed by atoms with Crippen LogP contribution in [0.2, 0.25) is 0 Å². The molecule has 0 aromatic heterocycles. The van der Waals surface area contributed by atoms with E-state index in [0.717, 1.165) is 12.1 Å². The number of hydrogen-bond acceptors (Lipinski definition) is 1. The van der Waals surface area contributed by atoms with Gasteiger partial charge in [0.15, 0.2) is 0 Å². The third-order valence-electron chi connectivity index (χ3n) is 4.31. The summed E-state index contributed by atoms with van der Waals surface area (Å²) in [4.78, 5) is 2.62. The summed E-state index contributed by atoms with van der Waals surface area (Å²) in [5.74, 6) is 0. The monoisotopic (exact) mass is 167 g/mol. The molecule has 2 fully saturated rings. The van der Waals surface area contributed by atoms with E-state index in [-0.39, 0.29) is 0 Å². The molecule has 0 radical (unpaired) electrons. The Morgan fingerprint density at radius 2 is 1.92 bits per heavy atom. The SMILES string of the molecule is CC(N(C)C1CCC1)C1(C)CC1. The summed E-state index contributed by atoms with van der Waals surface area (Å²) in [6.45, 7) is 4.85. The minimum Gasteiger partial charge on any atom is -0.300 e. The first-order valence-corrected chi connectivity index (χ1v) is 5.35. The van der Waals surface area contributed by atoms with E-state index >= 15 is 0 Å². The van der Waals surface area contributed by atoms with Crippen molar-refractivity contribution in [2.45, 2.75) is 58.0 Å². The maximum Gasteiger partial charge on any atom is 0.0121 e. The number of rotatable bonds is 3. The average molecular weight is 167 g/mol. The molecule has 12 heavy (non-hydrogen) atoms. The highest BCUT2D eigenvalue weighted by Crippen LogP contribution is 2.50. The van der Waals surface area contributed by atoms with E-state index in [1.807, 2.05) is 0 Å². The van der Waals surface area contributed by atoms with E-state index in [9.17, 15) is 0 Å². The number of nitrogens with zero attached hydrogens (tertiary/aromatic N) is 1. The van der Waals surface area contributed by atoms with Gasteiger partial charge in [0.2, 0.25) is 0 Å². The fourth-order valence-corrected chi connectivity index (χ4v) is 2.22. The lowest BCUT2D eigenvalue weighted by Gasteiger charge is -2.41. The molecule has 0 spiro atoms. The molecular weight excluding hydrogens is 146 g/mol. The lowest BCUT2D eigenvalue weighted by atomic mass is 9.88. The Kier molecular flexibility index (Phi) is 1.95. The summed E-state index contributed by atoms with van der Waals surface area (Å²) < 4.78 is 0. The highest BCUT2D eigenvalue weighted by Gasteiger charge is 2.45. The molecule has 1 heteroatoms. The molecule has 2 aliphatic carbocycles. The van der Waals surface area contributed by atoms with Crippen LogP contribution in [0.25, 0.3) is 0 Å². The average Bonchev–Trinajstić information content (AvgIpc) is 2.64. The first-order valence-electron chi connectivity index (χ1n) is 5.35. The van der Waals surface area contributed by atoms with E-state index in [4.69, 9.17) is 0 Å². The molecule has 1 nitrogen and oxygen atoms in total. The molecule has 0 aromatic carbocycles. The first kappa shape index (κ1) is 8.55. The van der Waals surface area contributed by atoms with Crippen molar-refractivity contribution in [3.8, 4) is 0 Å². The zero-order valence-electron chi connectivity index (χ0n) is 8.64. The van der Waals surface area contributed by atoms with Gasteiger partial charge >= 0.3 is 0 Å². The van der Waals surface area contributed by atoms with Crippen LogP contribution >= 0.6 is 0 Å². The Labute approximate surface area is 76.1 Å². The summed E-state index contributed by atoms with van der Waals surface area (Å²) in [6.07, 6.45) is 7.24. The topological polar surface area (TPSA) is 3.24 Å². The van der Waals surface area contributed by atoms with Gasteiger partial charge in [-0.2, -0.15) is 0 Å². The highest BCUT2D eigenvalue weighted by molar-refractivity contribution is 4.99. The maximum atomic E-state index is 2.62. The highest BCUT2D eigenvalue weighted by atomic mass is 15.2. The molecule has 0 aliphatic heterocycles. The van der Waals surface area contributed by atoms with Gasteiger partial charge in [0.25, 0.3) is 0 Å². The van der Waals surface area contributed by atoms with E-state index in [0.29, 0.717) is 5.41 Å². The van der Waals surface area contributed by atoms with Gasteiger partial charge in [0, 0.05) is 12.1 Å². The van der Waals surface area contributed by atoms with Crippen molar-refractivity contribution >= 4 is 0 Å². The van der Waals surface area contributed by atoms with Gasteiger partial charge in [0.05, 0.1) is 0 Å². The predicted octanol–water partition coefficient (Wildman–Crippen LogP) is 2.66. The normalized spacial score (nSPS) is 30.0. The van der Waals surface area contributed by atoms with E-state index in [1.54, 1.807) is 0 Å². The number of hydrogen-bond donors (Lipinski definition) is 0. The fourth-order valence-electron chi connectivity index (χ4n) is 2.22. The van der Waals surface area contributed by atoms with Gasteiger partial charge in [-0.05, 0) is 45.1 Å². The van der Waals surface area contributed by atoms with Crippen LogP contribution in [0, 0.1) is 5.41 Å². The van der Waals surface area contributed by atoms with Crippen molar-refractivity contribution in [3.05, 3.63) is 0 Å². The summed E-state index contributed by atoms with van der Waals surface area (Å²) >= 11 is 0. The maximum absolute atomic E-state index is 2.62. The van der Waals surface area contributed by atoms with Crippen LogP contribution in [-0.2, 0) is 0 Å². The lowest BCUT2D eigenvalue weighted by molar-refractivity contribution is 0.0825. The lowest BCUT2D eigenvalue weighted by Crippen LogP contribution is -2.45. The van der Waals surface area contributed by atoms with Crippen LogP contribution < -0.4 is 0 Å². The van der Waals surface area contributed by atoms with Crippen molar-refractivity contribution in [1.82, 2.24) is 4.90 Å². The molecule has 1 unspecified atom stereocenters. The van der Waals surface area contributed by atoms with Crippen LogP contribution in [0.4, 0.5) is 0 Å². The van der Waals surface area contributed by atoms with Gasteiger partial charge in [-0.25, -0.2) is 0 Å². The Hall–Kier alpha value is -0.0400. The minimum absolute atomic E-state index is 0.671. The molecule has 2 aliphatic rings. The van der Waals surface area contributed by atoms with E-state index in [2.05, 4.69) is 25.8 Å². The molecule has 70 valence electrons. The third-order valence-corrected chi connectivity index (χ3v) is 4.31. The second kappa shape index (κ2) is 2.73. The van der Waals surface area contributed by atoms with Crippen molar-refractivity contribution in [3.63, 3.8) is 0 Å². The van der Waals surface area contributed by atoms with Crippen LogP contribution in [-0.4, -0.2) is 24.0 Å². The molecule has 0 saturated heterocycles. The molecule has 0 bridgehead atoms. The Morgan fingerprint density at radius 3 is 2.25 bits per heavy atom. The molecule has 2 saturated carbocycles. The second-order valence-electron chi connectivity index (χ2n) is 5.08. The molecule has 1 atom stereocenters. The van der Waals surface area contributed by atoms with Gasteiger partial charge in [-0.1, -0.05) is 13.3 Å². The quantitative estimate of drug-likeness (QED) is 0.624. The Balaban J connectivity index is 1.89. The summed E-state index contributed by atoms with van der Waals surface area (Å²) in [7, 11) is 2.32. The summed E-state index contributed by atoms with van der Waals surface area (Å²) in [5, 5.41) is 0. The van der Waals surface area contributed by atoms with Gasteiger partial charge in [-0.15, -0.1) is 0 Å². The first-order chi connectivity index (χ1) is 5.63. The van der Waals surface area contributed by atoms with Gasteiger partial charge < -0.3 is 4.90 Å². The Morgan fingerprint density at radius 1 is 1.33 bits per heavy atom. The van der Waals surface area contributed by atoms with Gasteiger partial charge in [0.1, 0.15) is 0 Å². The van der Waals surface area contributed by atoms with Crippen molar-refractivity contribution in [2.75, 3.05) is 7.05 Å².